The first kappa shape index (κ1) is 15.6. The molecule has 2 nitrogen and oxygen atoms in total. The van der Waals surface area contributed by atoms with Crippen LogP contribution in [-0.4, -0.2) is 10.1 Å². The van der Waals surface area contributed by atoms with Gasteiger partial charge < -0.3 is 5.11 Å². The summed E-state index contributed by atoms with van der Waals surface area (Å²) in [6.45, 7) is 4.18. The topological polar surface area (TPSA) is 33.1 Å². The molecule has 21 heavy (non-hydrogen) atoms. The second kappa shape index (κ2) is 6.81. The maximum absolute atomic E-state index is 13.1. The molecule has 2 rings (SSSR count). The minimum absolute atomic E-state index is 0.263. The predicted octanol–water partition coefficient (Wildman–Crippen LogP) is 4.30. The maximum Gasteiger partial charge on any atom is 0.123 e. The lowest BCUT2D eigenvalue weighted by atomic mass is 9.70. The fourth-order valence-electron chi connectivity index (χ4n) is 2.89. The quantitative estimate of drug-likeness (QED) is 0.859. The molecule has 0 amide bonds. The van der Waals surface area contributed by atoms with E-state index in [2.05, 4.69) is 18.8 Å². The van der Waals surface area contributed by atoms with Crippen LogP contribution in [0, 0.1) is 11.2 Å². The average Bonchev–Trinajstić information content (AvgIpc) is 2.54. The first-order valence-electron chi connectivity index (χ1n) is 7.43. The Labute approximate surface area is 125 Å². The van der Waals surface area contributed by atoms with Gasteiger partial charge in [0.15, 0.2) is 0 Å². The summed E-state index contributed by atoms with van der Waals surface area (Å²) in [5.41, 5.74) is 1.62. The molecule has 112 valence electrons. The van der Waals surface area contributed by atoms with Gasteiger partial charge in [0.1, 0.15) is 5.82 Å². The number of nitrogens with zero attached hydrogens (tertiary/aromatic N) is 1. The zero-order chi connectivity index (χ0) is 15.3. The lowest BCUT2D eigenvalue weighted by Crippen LogP contribution is -2.30. The number of aliphatic hydroxyl groups excluding tert-OH is 1. The maximum atomic E-state index is 13.1. The van der Waals surface area contributed by atoms with Gasteiger partial charge >= 0.3 is 0 Å². The first-order valence-corrected chi connectivity index (χ1v) is 7.43. The van der Waals surface area contributed by atoms with Crippen molar-refractivity contribution >= 4 is 0 Å². The molecular formula is C18H22FNO. The van der Waals surface area contributed by atoms with Gasteiger partial charge in [0.25, 0.3) is 0 Å². The average molecular weight is 287 g/mol. The number of aromatic nitrogens is 1. The summed E-state index contributed by atoms with van der Waals surface area (Å²) in [7, 11) is 0. The Balaban J connectivity index is 2.30. The standard InChI is InChI=1S/C18H22FNO/c1-3-18(4-2,12-14-6-5-11-20-13-14)17(21)15-7-9-16(19)10-8-15/h5-11,13,17,21H,3-4,12H2,1-2H3. The van der Waals surface area contributed by atoms with E-state index < -0.39 is 6.10 Å². The summed E-state index contributed by atoms with van der Waals surface area (Å²) in [6.07, 6.45) is 5.42. The molecule has 0 radical (unpaired) electrons. The SMILES string of the molecule is CCC(CC)(Cc1cccnc1)C(O)c1ccc(F)cc1. The van der Waals surface area contributed by atoms with Crippen LogP contribution in [0.1, 0.15) is 43.9 Å². The summed E-state index contributed by atoms with van der Waals surface area (Å²) >= 11 is 0. The smallest absolute Gasteiger partial charge is 0.123 e. The van der Waals surface area contributed by atoms with Crippen molar-refractivity contribution < 1.29 is 9.50 Å². The van der Waals surface area contributed by atoms with Crippen LogP contribution in [0.5, 0.6) is 0 Å². The van der Waals surface area contributed by atoms with Crippen molar-refractivity contribution in [1.82, 2.24) is 4.98 Å². The number of pyridine rings is 1. The van der Waals surface area contributed by atoms with Crippen molar-refractivity contribution in [2.75, 3.05) is 0 Å². The largest absolute Gasteiger partial charge is 0.388 e. The van der Waals surface area contributed by atoms with Gasteiger partial charge in [-0.25, -0.2) is 4.39 Å². The van der Waals surface area contributed by atoms with Gasteiger partial charge in [-0.15, -0.1) is 0 Å². The van der Waals surface area contributed by atoms with Crippen LogP contribution in [0.15, 0.2) is 48.8 Å². The van der Waals surface area contributed by atoms with E-state index in [4.69, 9.17) is 0 Å². The van der Waals surface area contributed by atoms with Crippen LogP contribution >= 0.6 is 0 Å². The van der Waals surface area contributed by atoms with Crippen LogP contribution in [0.4, 0.5) is 4.39 Å². The number of aliphatic hydroxyl groups is 1. The molecule has 0 fully saturated rings. The monoisotopic (exact) mass is 287 g/mol. The van der Waals surface area contributed by atoms with Gasteiger partial charge in [-0.05, 0) is 48.6 Å². The van der Waals surface area contributed by atoms with Crippen molar-refractivity contribution in [3.05, 3.63) is 65.7 Å². The van der Waals surface area contributed by atoms with Gasteiger partial charge in [0, 0.05) is 17.8 Å². The molecular weight excluding hydrogens is 265 g/mol. The zero-order valence-electron chi connectivity index (χ0n) is 12.6. The number of hydrogen-bond acceptors (Lipinski definition) is 2. The number of rotatable bonds is 6. The first-order chi connectivity index (χ1) is 10.1. The van der Waals surface area contributed by atoms with Gasteiger partial charge in [0.05, 0.1) is 6.10 Å². The van der Waals surface area contributed by atoms with E-state index in [1.54, 1.807) is 18.3 Å². The highest BCUT2D eigenvalue weighted by molar-refractivity contribution is 5.22. The van der Waals surface area contributed by atoms with Crippen LogP contribution < -0.4 is 0 Å². The molecule has 0 saturated carbocycles. The molecule has 2 aromatic rings. The molecule has 0 aliphatic rings. The molecule has 0 saturated heterocycles. The second-order valence-electron chi connectivity index (χ2n) is 5.56. The molecule has 1 heterocycles. The van der Waals surface area contributed by atoms with E-state index in [1.807, 2.05) is 18.3 Å². The molecule has 1 N–H and O–H groups in total. The van der Waals surface area contributed by atoms with Crippen LogP contribution in [0.3, 0.4) is 0 Å². The molecule has 1 unspecified atom stereocenters. The molecule has 1 atom stereocenters. The fraction of sp³-hybridized carbons (Fsp3) is 0.389. The Hall–Kier alpha value is -1.74. The molecule has 0 bridgehead atoms. The number of hydrogen-bond donors (Lipinski definition) is 1. The van der Waals surface area contributed by atoms with Crippen LogP contribution in [0.25, 0.3) is 0 Å². The summed E-state index contributed by atoms with van der Waals surface area (Å²) in [6, 6.07) is 10.1. The third-order valence-corrected chi connectivity index (χ3v) is 4.45. The summed E-state index contributed by atoms with van der Waals surface area (Å²) in [4.78, 5) is 4.15. The Morgan fingerprint density at radius 1 is 1.14 bits per heavy atom. The van der Waals surface area contributed by atoms with E-state index in [0.717, 1.165) is 30.4 Å². The molecule has 1 aromatic heterocycles. The van der Waals surface area contributed by atoms with E-state index in [-0.39, 0.29) is 11.2 Å². The molecule has 0 aliphatic heterocycles. The van der Waals surface area contributed by atoms with E-state index >= 15 is 0 Å². The van der Waals surface area contributed by atoms with E-state index in [0.29, 0.717) is 0 Å². The number of benzene rings is 1. The van der Waals surface area contributed by atoms with Gasteiger partial charge in [-0.1, -0.05) is 32.0 Å². The van der Waals surface area contributed by atoms with Gasteiger partial charge in [-0.3, -0.25) is 4.98 Å². The normalized spacial score (nSPS) is 13.1. The van der Waals surface area contributed by atoms with Crippen molar-refractivity contribution in [1.29, 1.82) is 0 Å². The van der Waals surface area contributed by atoms with Gasteiger partial charge in [-0.2, -0.15) is 0 Å². The summed E-state index contributed by atoms with van der Waals surface area (Å²) < 4.78 is 13.1. The van der Waals surface area contributed by atoms with E-state index in [9.17, 15) is 9.50 Å². The van der Waals surface area contributed by atoms with E-state index in [1.165, 1.54) is 12.1 Å². The minimum atomic E-state index is -0.617. The number of halogens is 1. The minimum Gasteiger partial charge on any atom is -0.388 e. The third-order valence-electron chi connectivity index (χ3n) is 4.45. The fourth-order valence-corrected chi connectivity index (χ4v) is 2.89. The lowest BCUT2D eigenvalue weighted by molar-refractivity contribution is 0.0154. The summed E-state index contributed by atoms with van der Waals surface area (Å²) in [5.74, 6) is -0.281. The second-order valence-corrected chi connectivity index (χ2v) is 5.56. The van der Waals surface area contributed by atoms with Crippen LogP contribution in [-0.2, 0) is 6.42 Å². The molecule has 0 spiro atoms. The predicted molar refractivity (Wildman–Crippen MR) is 82.3 cm³/mol. The molecule has 3 heteroatoms. The van der Waals surface area contributed by atoms with Crippen molar-refractivity contribution in [3.8, 4) is 0 Å². The van der Waals surface area contributed by atoms with Crippen molar-refractivity contribution in [2.24, 2.45) is 5.41 Å². The Morgan fingerprint density at radius 2 is 1.81 bits per heavy atom. The highest BCUT2D eigenvalue weighted by Gasteiger charge is 2.35. The van der Waals surface area contributed by atoms with Crippen molar-refractivity contribution in [3.63, 3.8) is 0 Å². The highest BCUT2D eigenvalue weighted by Crippen LogP contribution is 2.43. The van der Waals surface area contributed by atoms with Gasteiger partial charge in [0.2, 0.25) is 0 Å². The van der Waals surface area contributed by atoms with Crippen molar-refractivity contribution in [2.45, 2.75) is 39.2 Å². The Morgan fingerprint density at radius 3 is 2.33 bits per heavy atom. The Bertz CT molecular complexity index is 549. The molecule has 1 aromatic carbocycles. The zero-order valence-corrected chi connectivity index (χ0v) is 12.6. The third kappa shape index (κ3) is 3.48. The highest BCUT2D eigenvalue weighted by atomic mass is 19.1. The lowest BCUT2D eigenvalue weighted by Gasteiger charge is -2.37. The Kier molecular flexibility index (Phi) is 5.07. The van der Waals surface area contributed by atoms with Crippen LogP contribution in [0.2, 0.25) is 0 Å². The molecule has 0 aliphatic carbocycles. The summed E-state index contributed by atoms with van der Waals surface area (Å²) in [5, 5.41) is 10.8.